The lowest BCUT2D eigenvalue weighted by atomic mass is 9.69. The van der Waals surface area contributed by atoms with Crippen molar-refractivity contribution in [2.75, 3.05) is 9.80 Å². The van der Waals surface area contributed by atoms with Crippen molar-refractivity contribution >= 4 is 77.1 Å². The summed E-state index contributed by atoms with van der Waals surface area (Å²) in [5.41, 5.74) is 15.5. The molecule has 11 aromatic rings. The number of anilines is 6. The largest absolute Gasteiger partial charge is 0.310 e. The van der Waals surface area contributed by atoms with Crippen molar-refractivity contribution in [3.8, 4) is 21.6 Å². The molecule has 1 aromatic heterocycles. The van der Waals surface area contributed by atoms with Crippen LogP contribution >= 0.6 is 11.3 Å². The Labute approximate surface area is 364 Å². The molecule has 0 amide bonds. The van der Waals surface area contributed by atoms with E-state index in [9.17, 15) is 0 Å². The third-order valence-corrected chi connectivity index (χ3v) is 14.4. The summed E-state index contributed by atoms with van der Waals surface area (Å²) in [6, 6.07) is 85.2. The van der Waals surface area contributed by atoms with Crippen LogP contribution < -0.4 is 9.80 Å². The molecule has 0 saturated carbocycles. The first-order valence-corrected chi connectivity index (χ1v) is 22.2. The molecule has 10 aromatic carbocycles. The smallest absolute Gasteiger partial charge is 0.0760 e. The van der Waals surface area contributed by atoms with E-state index < -0.39 is 5.41 Å². The van der Waals surface area contributed by atoms with E-state index in [0.29, 0.717) is 0 Å². The number of rotatable bonds is 6. The molecule has 0 fully saturated rings. The Morgan fingerprint density at radius 3 is 1.74 bits per heavy atom. The molecule has 1 heterocycles. The van der Waals surface area contributed by atoms with Gasteiger partial charge in [-0.25, -0.2) is 0 Å². The van der Waals surface area contributed by atoms with Gasteiger partial charge in [0.05, 0.1) is 16.8 Å². The van der Waals surface area contributed by atoms with Crippen LogP contribution in [-0.2, 0) is 5.41 Å². The van der Waals surface area contributed by atoms with Crippen molar-refractivity contribution in [2.45, 2.75) is 5.41 Å². The van der Waals surface area contributed by atoms with E-state index in [-0.39, 0.29) is 0 Å². The first-order chi connectivity index (χ1) is 30.8. The molecule has 2 nitrogen and oxygen atoms in total. The van der Waals surface area contributed by atoms with Crippen LogP contribution in [0.1, 0.15) is 22.3 Å². The van der Waals surface area contributed by atoms with E-state index >= 15 is 0 Å². The average Bonchev–Trinajstić information content (AvgIpc) is 3.96. The minimum Gasteiger partial charge on any atom is -0.310 e. The minimum atomic E-state index is -0.594. The lowest BCUT2D eigenvalue weighted by Crippen LogP contribution is -2.28. The van der Waals surface area contributed by atoms with Crippen LogP contribution in [0.15, 0.2) is 231 Å². The second-order valence-corrected chi connectivity index (χ2v) is 17.5. The third-order valence-electron chi connectivity index (χ3n) is 13.2. The lowest BCUT2D eigenvalue weighted by molar-refractivity contribution is 0.802. The zero-order valence-corrected chi connectivity index (χ0v) is 34.6. The van der Waals surface area contributed by atoms with Crippen LogP contribution in [0.5, 0.6) is 0 Å². The summed E-state index contributed by atoms with van der Waals surface area (Å²) in [7, 11) is 0. The van der Waals surface area contributed by atoms with Crippen molar-refractivity contribution < 1.29 is 0 Å². The molecular weight excluding hydrogens is 769 g/mol. The molecule has 290 valence electrons. The molecule has 0 saturated heterocycles. The van der Waals surface area contributed by atoms with Crippen LogP contribution in [-0.4, -0.2) is 0 Å². The highest BCUT2D eigenvalue weighted by molar-refractivity contribution is 7.22. The lowest BCUT2D eigenvalue weighted by Gasteiger charge is -2.36. The summed E-state index contributed by atoms with van der Waals surface area (Å²) in [4.78, 5) is 6.29. The molecule has 2 aliphatic rings. The van der Waals surface area contributed by atoms with Gasteiger partial charge in [-0.05, 0) is 122 Å². The highest BCUT2D eigenvalue weighted by Gasteiger charge is 2.55. The molecule has 3 heteroatoms. The molecule has 0 bridgehead atoms. The van der Waals surface area contributed by atoms with Gasteiger partial charge >= 0.3 is 0 Å². The molecule has 62 heavy (non-hydrogen) atoms. The zero-order chi connectivity index (χ0) is 40.8. The Hall–Kier alpha value is -7.72. The number of thiophene rings is 1. The fourth-order valence-electron chi connectivity index (χ4n) is 10.7. The first-order valence-electron chi connectivity index (χ1n) is 21.3. The first kappa shape index (κ1) is 35.1. The number of para-hydroxylation sites is 2. The number of nitrogens with zero attached hydrogens (tertiary/aromatic N) is 2. The SMILES string of the molecule is c1ccc(N(c2ccc3c(c2)-c2ccccc2C32c3c(cccc3N(c3ccccc3)c3cccc4ccccc34)-c3sc4ccccc4c32)c2ccc3ccccc3c2)cc1. The normalized spacial score (nSPS) is 14.5. The van der Waals surface area contributed by atoms with Gasteiger partial charge in [0.1, 0.15) is 0 Å². The number of benzene rings is 10. The molecule has 1 spiro atoms. The van der Waals surface area contributed by atoms with Crippen LogP contribution in [0.2, 0.25) is 0 Å². The van der Waals surface area contributed by atoms with E-state index in [1.807, 2.05) is 11.3 Å². The average molecular weight is 807 g/mol. The Balaban J connectivity index is 1.12. The summed E-state index contributed by atoms with van der Waals surface area (Å²) < 4.78 is 1.32. The van der Waals surface area contributed by atoms with Crippen LogP contribution in [0.25, 0.3) is 53.2 Å². The van der Waals surface area contributed by atoms with Gasteiger partial charge in [-0.15, -0.1) is 11.3 Å². The molecule has 13 rings (SSSR count). The zero-order valence-electron chi connectivity index (χ0n) is 33.7. The highest BCUT2D eigenvalue weighted by Crippen LogP contribution is 2.68. The van der Waals surface area contributed by atoms with Gasteiger partial charge in [0.15, 0.2) is 0 Å². The van der Waals surface area contributed by atoms with Crippen molar-refractivity contribution in [1.82, 2.24) is 0 Å². The van der Waals surface area contributed by atoms with E-state index in [1.165, 1.54) is 81.1 Å². The van der Waals surface area contributed by atoms with Crippen molar-refractivity contribution in [3.05, 3.63) is 253 Å². The Morgan fingerprint density at radius 2 is 0.903 bits per heavy atom. The number of hydrogen-bond acceptors (Lipinski definition) is 3. The standard InChI is InChI=1S/C59H38N2S/c1-3-21-42(22-4-1)60(44-34-33-39-17-7-8-19-41(39)37-44)45-35-36-52-50(38-45)47-26-11-13-29-51(47)59(52)56-49(58-57(59)48-27-12-14-32-55(48)62-58)28-16-31-54(56)61(43-23-5-2-6-24-43)53-30-15-20-40-18-9-10-25-46(40)53/h1-38H. The maximum atomic E-state index is 2.52. The van der Waals surface area contributed by atoms with Crippen LogP contribution in [0.4, 0.5) is 34.1 Å². The quantitative estimate of drug-likeness (QED) is 0.165. The van der Waals surface area contributed by atoms with Gasteiger partial charge in [-0.2, -0.15) is 0 Å². The second-order valence-electron chi connectivity index (χ2n) is 16.4. The molecule has 1 unspecified atom stereocenters. The summed E-state index contributed by atoms with van der Waals surface area (Å²) in [5.74, 6) is 0. The van der Waals surface area contributed by atoms with Crippen molar-refractivity contribution in [2.24, 2.45) is 0 Å². The Bertz CT molecular complexity index is 3550. The summed E-state index contributed by atoms with van der Waals surface area (Å²) in [6.45, 7) is 0. The molecule has 1 atom stereocenters. The van der Waals surface area contributed by atoms with Gasteiger partial charge in [0.25, 0.3) is 0 Å². The van der Waals surface area contributed by atoms with E-state index in [4.69, 9.17) is 0 Å². The van der Waals surface area contributed by atoms with E-state index in [2.05, 4.69) is 240 Å². The molecular formula is C59H38N2S. The number of fused-ring (bicyclic) bond motifs is 14. The summed E-state index contributed by atoms with van der Waals surface area (Å²) in [6.07, 6.45) is 0. The van der Waals surface area contributed by atoms with Gasteiger partial charge < -0.3 is 9.80 Å². The minimum absolute atomic E-state index is 0.594. The van der Waals surface area contributed by atoms with Gasteiger partial charge in [0, 0.05) is 43.3 Å². The second kappa shape index (κ2) is 13.7. The Kier molecular flexibility index (Phi) is 7.72. The maximum Gasteiger partial charge on any atom is 0.0760 e. The van der Waals surface area contributed by atoms with Crippen molar-refractivity contribution in [3.63, 3.8) is 0 Å². The van der Waals surface area contributed by atoms with Crippen molar-refractivity contribution in [1.29, 1.82) is 0 Å². The monoisotopic (exact) mass is 806 g/mol. The maximum absolute atomic E-state index is 2.52. The summed E-state index contributed by atoms with van der Waals surface area (Å²) in [5, 5.41) is 6.21. The van der Waals surface area contributed by atoms with E-state index in [1.54, 1.807) is 0 Å². The topological polar surface area (TPSA) is 6.48 Å². The molecule has 0 N–H and O–H groups in total. The molecule has 0 radical (unpaired) electrons. The fraction of sp³-hybridized carbons (Fsp3) is 0.0169. The van der Waals surface area contributed by atoms with Gasteiger partial charge in [-0.3, -0.25) is 0 Å². The predicted molar refractivity (Wildman–Crippen MR) is 263 cm³/mol. The number of hydrogen-bond donors (Lipinski definition) is 0. The van der Waals surface area contributed by atoms with Gasteiger partial charge in [0.2, 0.25) is 0 Å². The van der Waals surface area contributed by atoms with E-state index in [0.717, 1.165) is 28.4 Å². The third kappa shape index (κ3) is 4.97. The van der Waals surface area contributed by atoms with Gasteiger partial charge in [-0.1, -0.05) is 164 Å². The van der Waals surface area contributed by atoms with Crippen LogP contribution in [0.3, 0.4) is 0 Å². The fourth-order valence-corrected chi connectivity index (χ4v) is 12.0. The summed E-state index contributed by atoms with van der Waals surface area (Å²) >= 11 is 1.93. The predicted octanol–water partition coefficient (Wildman–Crippen LogP) is 16.5. The molecule has 0 aliphatic heterocycles. The van der Waals surface area contributed by atoms with Crippen LogP contribution in [0, 0.1) is 0 Å². The Morgan fingerprint density at radius 1 is 0.323 bits per heavy atom. The molecule has 2 aliphatic carbocycles. The highest BCUT2D eigenvalue weighted by atomic mass is 32.1.